The number of aromatic nitrogens is 2. The Bertz CT molecular complexity index is 1270. The molecule has 3 aromatic rings. The molecule has 9 heteroatoms. The van der Waals surface area contributed by atoms with Gasteiger partial charge in [0, 0.05) is 37.0 Å². The van der Waals surface area contributed by atoms with Crippen molar-refractivity contribution in [3.8, 4) is 17.0 Å². The first-order chi connectivity index (χ1) is 17.5. The van der Waals surface area contributed by atoms with Gasteiger partial charge in [0.05, 0.1) is 17.8 Å². The van der Waals surface area contributed by atoms with Crippen LogP contribution in [0.15, 0.2) is 42.7 Å². The third-order valence-electron chi connectivity index (χ3n) is 6.72. The maximum atomic E-state index is 14.8. The van der Waals surface area contributed by atoms with Crippen molar-refractivity contribution in [2.24, 2.45) is 11.7 Å². The summed E-state index contributed by atoms with van der Waals surface area (Å²) in [5, 5.41) is 10.2. The van der Waals surface area contributed by atoms with Gasteiger partial charge >= 0.3 is 0 Å². The normalized spacial score (nSPS) is 21.8. The number of carbonyl (C=O) groups is 1. The molecule has 3 N–H and O–H groups in total. The molecule has 2 heterocycles. The minimum atomic E-state index is -1.05. The Morgan fingerprint density at radius 2 is 1.84 bits per heavy atom. The number of benzene rings is 1. The van der Waals surface area contributed by atoms with E-state index in [0.29, 0.717) is 18.4 Å². The van der Waals surface area contributed by atoms with Crippen molar-refractivity contribution in [3.63, 3.8) is 0 Å². The highest BCUT2D eigenvalue weighted by atomic mass is 19.1. The second-order valence-electron chi connectivity index (χ2n) is 9.93. The van der Waals surface area contributed by atoms with E-state index < -0.39 is 40.6 Å². The predicted octanol–water partition coefficient (Wildman–Crippen LogP) is 4.98. The summed E-state index contributed by atoms with van der Waals surface area (Å²) in [7, 11) is 0. The fourth-order valence-corrected chi connectivity index (χ4v) is 4.96. The summed E-state index contributed by atoms with van der Waals surface area (Å²) in [5.41, 5.74) is 6.30. The predicted molar refractivity (Wildman–Crippen MR) is 133 cm³/mol. The van der Waals surface area contributed by atoms with E-state index in [4.69, 9.17) is 10.5 Å². The van der Waals surface area contributed by atoms with Gasteiger partial charge in [0.25, 0.3) is 0 Å². The van der Waals surface area contributed by atoms with Crippen molar-refractivity contribution in [1.82, 2.24) is 9.97 Å². The first-order valence-corrected chi connectivity index (χ1v) is 12.3. The van der Waals surface area contributed by atoms with Crippen LogP contribution in [0.3, 0.4) is 0 Å². The molecule has 1 aliphatic rings. The number of hydrogen-bond donors (Lipinski definition) is 2. The maximum Gasteiger partial charge on any atom is 0.185 e. The summed E-state index contributed by atoms with van der Waals surface area (Å²) in [4.78, 5) is 21.3. The molecule has 6 nitrogen and oxygen atoms in total. The average molecular weight is 514 g/mol. The highest BCUT2D eigenvalue weighted by Crippen LogP contribution is 2.37. The van der Waals surface area contributed by atoms with Gasteiger partial charge in [-0.1, -0.05) is 6.92 Å². The summed E-state index contributed by atoms with van der Waals surface area (Å²) < 4.78 is 49.6. The zero-order valence-electron chi connectivity index (χ0n) is 20.9. The van der Waals surface area contributed by atoms with Crippen LogP contribution in [0.25, 0.3) is 11.3 Å². The van der Waals surface area contributed by atoms with Crippen molar-refractivity contribution >= 4 is 5.78 Å². The van der Waals surface area contributed by atoms with E-state index in [1.165, 1.54) is 6.07 Å². The SMILES string of the molecule is CC(C)Oc1cc(F)c(-c2nc(C(=O)Cc3cnccc3[C@H]3C[C@@H](N)[C@H](O)[C@@H](C)C3)ccc2F)c(F)c1. The number of ketones is 1. The van der Waals surface area contributed by atoms with Gasteiger partial charge in [0.2, 0.25) is 0 Å². The van der Waals surface area contributed by atoms with Crippen LogP contribution in [-0.2, 0) is 6.42 Å². The summed E-state index contributed by atoms with van der Waals surface area (Å²) in [6.07, 6.45) is 3.50. The van der Waals surface area contributed by atoms with E-state index in [-0.39, 0.29) is 41.8 Å². The number of aliphatic hydroxyl groups excluding tert-OH is 1. The quantitative estimate of drug-likeness (QED) is 0.433. The second kappa shape index (κ2) is 11.0. The summed E-state index contributed by atoms with van der Waals surface area (Å²) in [6, 6.07) is 5.54. The number of carbonyl (C=O) groups excluding carboxylic acids is 1. The zero-order valence-corrected chi connectivity index (χ0v) is 20.9. The number of halogens is 3. The third-order valence-corrected chi connectivity index (χ3v) is 6.72. The molecule has 196 valence electrons. The summed E-state index contributed by atoms with van der Waals surface area (Å²) >= 11 is 0. The number of nitrogens with zero attached hydrogens (tertiary/aromatic N) is 2. The molecular weight excluding hydrogens is 483 g/mol. The van der Waals surface area contributed by atoms with Crippen molar-refractivity contribution < 1.29 is 27.8 Å². The summed E-state index contributed by atoms with van der Waals surface area (Å²) in [6.45, 7) is 5.35. The number of hydrogen-bond acceptors (Lipinski definition) is 6. The van der Waals surface area contributed by atoms with E-state index in [9.17, 15) is 23.1 Å². The molecular formula is C28H30F3N3O3. The van der Waals surface area contributed by atoms with E-state index in [1.54, 1.807) is 26.2 Å². The van der Waals surface area contributed by atoms with E-state index in [0.717, 1.165) is 23.8 Å². The Morgan fingerprint density at radius 1 is 1.14 bits per heavy atom. The molecule has 0 saturated heterocycles. The number of nitrogens with two attached hydrogens (primary N) is 1. The Kier molecular flexibility index (Phi) is 7.94. The first kappa shape index (κ1) is 26.8. The van der Waals surface area contributed by atoms with E-state index in [2.05, 4.69) is 9.97 Å². The smallest absolute Gasteiger partial charge is 0.185 e. The van der Waals surface area contributed by atoms with Gasteiger partial charge in [0.1, 0.15) is 34.6 Å². The number of Topliss-reactive ketones (excluding diaryl/α,β-unsaturated/α-hetero) is 1. The molecule has 0 bridgehead atoms. The van der Waals surface area contributed by atoms with Crippen LogP contribution in [0.2, 0.25) is 0 Å². The molecule has 0 spiro atoms. The molecule has 0 aliphatic heterocycles. The first-order valence-electron chi connectivity index (χ1n) is 12.3. The number of pyridine rings is 2. The second-order valence-corrected chi connectivity index (χ2v) is 9.93. The van der Waals surface area contributed by atoms with Crippen LogP contribution >= 0.6 is 0 Å². The molecule has 1 aromatic carbocycles. The third kappa shape index (κ3) is 5.83. The monoisotopic (exact) mass is 513 g/mol. The van der Waals surface area contributed by atoms with Crippen molar-refractivity contribution in [2.75, 3.05) is 0 Å². The Hall–Kier alpha value is -3.30. The highest BCUT2D eigenvalue weighted by molar-refractivity contribution is 5.96. The highest BCUT2D eigenvalue weighted by Gasteiger charge is 2.34. The topological polar surface area (TPSA) is 98.3 Å². The number of aliphatic hydroxyl groups is 1. The molecule has 1 saturated carbocycles. The van der Waals surface area contributed by atoms with Crippen LogP contribution in [0.5, 0.6) is 5.75 Å². The van der Waals surface area contributed by atoms with Gasteiger partial charge in [-0.15, -0.1) is 0 Å². The van der Waals surface area contributed by atoms with Crippen LogP contribution in [-0.4, -0.2) is 39.1 Å². The fraction of sp³-hybridized carbons (Fsp3) is 0.393. The maximum absolute atomic E-state index is 14.8. The van der Waals surface area contributed by atoms with Gasteiger partial charge in [0.15, 0.2) is 5.78 Å². The lowest BCUT2D eigenvalue weighted by Gasteiger charge is -2.36. The van der Waals surface area contributed by atoms with Gasteiger partial charge in [-0.3, -0.25) is 9.78 Å². The van der Waals surface area contributed by atoms with Gasteiger partial charge in [-0.2, -0.15) is 0 Å². The summed E-state index contributed by atoms with van der Waals surface area (Å²) in [5.74, 6) is -3.52. The van der Waals surface area contributed by atoms with Crippen molar-refractivity contribution in [1.29, 1.82) is 0 Å². The van der Waals surface area contributed by atoms with E-state index >= 15 is 0 Å². The molecule has 0 radical (unpaired) electrons. The fourth-order valence-electron chi connectivity index (χ4n) is 4.96. The van der Waals surface area contributed by atoms with Gasteiger partial charge < -0.3 is 15.6 Å². The number of rotatable bonds is 7. The van der Waals surface area contributed by atoms with Crippen LogP contribution in [0.1, 0.15) is 61.1 Å². The van der Waals surface area contributed by atoms with Gasteiger partial charge in [-0.05, 0) is 67.9 Å². The molecule has 0 amide bonds. The molecule has 37 heavy (non-hydrogen) atoms. The standard InChI is InChI=1S/C28H30F3N3O3/c1-14(2)37-18-11-21(30)26(22(31)12-18)27-20(29)4-5-24(34-27)25(35)10-17-13-33-7-6-19(17)16-8-15(3)28(36)23(32)9-16/h4-7,11-16,23,28,36H,8-10,32H2,1-3H3/t15-,16+,23+,28+/m0/s1. The zero-order chi connectivity index (χ0) is 26.9. The Morgan fingerprint density at radius 3 is 2.49 bits per heavy atom. The molecule has 2 aromatic heterocycles. The van der Waals surface area contributed by atoms with Crippen LogP contribution < -0.4 is 10.5 Å². The lowest BCUT2D eigenvalue weighted by Crippen LogP contribution is -2.44. The Balaban J connectivity index is 1.62. The van der Waals surface area contributed by atoms with Crippen LogP contribution in [0, 0.1) is 23.4 Å². The Labute approximate surface area is 213 Å². The molecule has 4 atom stereocenters. The van der Waals surface area contributed by atoms with Gasteiger partial charge in [-0.25, -0.2) is 18.2 Å². The van der Waals surface area contributed by atoms with Crippen LogP contribution in [0.4, 0.5) is 13.2 Å². The van der Waals surface area contributed by atoms with Crippen molar-refractivity contribution in [2.45, 2.75) is 64.2 Å². The minimum absolute atomic E-state index is 0.00564. The van der Waals surface area contributed by atoms with Crippen molar-refractivity contribution in [3.05, 3.63) is 77.0 Å². The number of ether oxygens (including phenoxy) is 1. The minimum Gasteiger partial charge on any atom is -0.491 e. The lowest BCUT2D eigenvalue weighted by molar-refractivity contribution is 0.0519. The average Bonchev–Trinajstić information content (AvgIpc) is 2.82. The lowest BCUT2D eigenvalue weighted by atomic mass is 9.74. The molecule has 1 aliphatic carbocycles. The van der Waals surface area contributed by atoms with E-state index in [1.807, 2.05) is 13.0 Å². The molecule has 0 unspecified atom stereocenters. The largest absolute Gasteiger partial charge is 0.491 e. The molecule has 1 fully saturated rings. The molecule has 4 rings (SSSR count).